The number of halogens is 1. The van der Waals surface area contributed by atoms with Crippen LogP contribution in [0.15, 0.2) is 10.7 Å². The van der Waals surface area contributed by atoms with Crippen molar-refractivity contribution in [3.63, 3.8) is 0 Å². The minimum atomic E-state index is 0.587. The maximum absolute atomic E-state index is 5.60. The molecule has 1 aliphatic rings. The van der Waals surface area contributed by atoms with Gasteiger partial charge in [0.2, 0.25) is 11.8 Å². The smallest absolute Gasteiger partial charge is 0.232 e. The summed E-state index contributed by atoms with van der Waals surface area (Å²) >= 11 is 3.36. The molecule has 1 fully saturated rings. The van der Waals surface area contributed by atoms with E-state index in [4.69, 9.17) is 10.5 Å². The summed E-state index contributed by atoms with van der Waals surface area (Å²) in [5.41, 5.74) is 5.60. The van der Waals surface area contributed by atoms with Gasteiger partial charge in [-0.15, -0.1) is 0 Å². The van der Waals surface area contributed by atoms with Gasteiger partial charge in [-0.25, -0.2) is 4.98 Å². The summed E-state index contributed by atoms with van der Waals surface area (Å²) in [7, 11) is 1.62. The Morgan fingerprint density at radius 1 is 1.50 bits per heavy atom. The molecule has 1 aromatic rings. The third-order valence-corrected chi connectivity index (χ3v) is 3.91. The van der Waals surface area contributed by atoms with E-state index in [-0.39, 0.29) is 0 Å². The number of nitrogens with two attached hydrogens (primary N) is 1. The fourth-order valence-electron chi connectivity index (χ4n) is 2.30. The fourth-order valence-corrected chi connectivity index (χ4v) is 2.65. The average Bonchev–Trinajstić information content (AvgIpc) is 2.41. The molecule has 18 heavy (non-hydrogen) atoms. The summed E-state index contributed by atoms with van der Waals surface area (Å²) in [5.74, 6) is 2.09. The minimum absolute atomic E-state index is 0.587. The van der Waals surface area contributed by atoms with Gasteiger partial charge in [0.1, 0.15) is 0 Å². The normalized spacial score (nSPS) is 16.9. The topological polar surface area (TPSA) is 64.3 Å². The first-order valence-corrected chi connectivity index (χ1v) is 7.05. The zero-order valence-electron chi connectivity index (χ0n) is 10.6. The molecule has 5 nitrogen and oxygen atoms in total. The van der Waals surface area contributed by atoms with Crippen molar-refractivity contribution in [2.24, 2.45) is 11.7 Å². The van der Waals surface area contributed by atoms with Gasteiger partial charge >= 0.3 is 0 Å². The van der Waals surface area contributed by atoms with Crippen LogP contribution in [0.25, 0.3) is 0 Å². The van der Waals surface area contributed by atoms with Gasteiger partial charge in [-0.2, -0.15) is 4.98 Å². The van der Waals surface area contributed by atoms with Crippen LogP contribution in [0.5, 0.6) is 5.88 Å². The van der Waals surface area contributed by atoms with Crippen LogP contribution < -0.4 is 15.4 Å². The van der Waals surface area contributed by atoms with Crippen LogP contribution in [0.4, 0.5) is 5.95 Å². The van der Waals surface area contributed by atoms with Gasteiger partial charge in [-0.3, -0.25) is 0 Å². The summed E-state index contributed by atoms with van der Waals surface area (Å²) in [6.07, 6.45) is 5.20. The van der Waals surface area contributed by atoms with E-state index in [9.17, 15) is 0 Å². The van der Waals surface area contributed by atoms with Crippen molar-refractivity contribution in [1.29, 1.82) is 0 Å². The Labute approximate surface area is 116 Å². The highest BCUT2D eigenvalue weighted by Gasteiger charge is 2.21. The summed E-state index contributed by atoms with van der Waals surface area (Å²) in [6.45, 7) is 2.78. The van der Waals surface area contributed by atoms with Crippen LogP contribution in [0.1, 0.15) is 19.3 Å². The minimum Gasteiger partial charge on any atom is -0.480 e. The van der Waals surface area contributed by atoms with Gasteiger partial charge in [0.05, 0.1) is 17.8 Å². The van der Waals surface area contributed by atoms with Crippen LogP contribution in [0, 0.1) is 5.92 Å². The summed E-state index contributed by atoms with van der Waals surface area (Å²) in [6, 6.07) is 0. The molecule has 0 radical (unpaired) electrons. The van der Waals surface area contributed by atoms with E-state index in [0.29, 0.717) is 5.88 Å². The van der Waals surface area contributed by atoms with Crippen molar-refractivity contribution >= 4 is 21.9 Å². The summed E-state index contributed by atoms with van der Waals surface area (Å²) < 4.78 is 5.98. The zero-order chi connectivity index (χ0) is 13.0. The molecule has 6 heteroatoms. The van der Waals surface area contributed by atoms with Crippen molar-refractivity contribution in [3.05, 3.63) is 10.7 Å². The van der Waals surface area contributed by atoms with Crippen molar-refractivity contribution in [1.82, 2.24) is 9.97 Å². The van der Waals surface area contributed by atoms with Crippen LogP contribution in [0.3, 0.4) is 0 Å². The molecule has 100 valence electrons. The lowest BCUT2D eigenvalue weighted by molar-refractivity contribution is 0.377. The molecule has 0 aliphatic carbocycles. The summed E-state index contributed by atoms with van der Waals surface area (Å²) in [4.78, 5) is 11.0. The Bertz CT molecular complexity index is 394. The van der Waals surface area contributed by atoms with Crippen molar-refractivity contribution in [2.75, 3.05) is 31.6 Å². The van der Waals surface area contributed by atoms with Crippen molar-refractivity contribution in [2.45, 2.75) is 19.3 Å². The Kier molecular flexibility index (Phi) is 4.77. The van der Waals surface area contributed by atoms with Crippen molar-refractivity contribution < 1.29 is 4.74 Å². The monoisotopic (exact) mass is 314 g/mol. The first-order chi connectivity index (χ1) is 8.74. The molecule has 2 rings (SSSR count). The summed E-state index contributed by atoms with van der Waals surface area (Å²) in [5, 5.41) is 0. The molecule has 0 atom stereocenters. The standard InChI is InChI=1S/C12H19BrN4O/c1-18-11-10(13)8-15-12(16-11)17-6-3-9(2-5-14)4-7-17/h8-9H,2-7,14H2,1H3. The predicted octanol–water partition coefficient (Wildman–Crippen LogP) is 1.81. The molecule has 0 aromatic carbocycles. The maximum atomic E-state index is 5.60. The van der Waals surface area contributed by atoms with Crippen LogP contribution in [0.2, 0.25) is 0 Å². The molecular formula is C12H19BrN4O. The molecule has 0 amide bonds. The second-order valence-corrected chi connectivity index (χ2v) is 5.39. The maximum Gasteiger partial charge on any atom is 0.232 e. The molecule has 0 spiro atoms. The largest absolute Gasteiger partial charge is 0.480 e. The highest BCUT2D eigenvalue weighted by molar-refractivity contribution is 9.10. The number of rotatable bonds is 4. The quantitative estimate of drug-likeness (QED) is 0.918. The Morgan fingerprint density at radius 3 is 2.83 bits per heavy atom. The van der Waals surface area contributed by atoms with Gasteiger partial charge in [-0.05, 0) is 47.7 Å². The lowest BCUT2D eigenvalue weighted by atomic mass is 9.94. The number of piperidine rings is 1. The lowest BCUT2D eigenvalue weighted by Crippen LogP contribution is -2.35. The number of hydrogen-bond acceptors (Lipinski definition) is 5. The van der Waals surface area contributed by atoms with E-state index in [0.717, 1.165) is 42.4 Å². The van der Waals surface area contributed by atoms with Gasteiger partial charge in [0.25, 0.3) is 0 Å². The molecule has 0 saturated carbocycles. The van der Waals surface area contributed by atoms with Gasteiger partial charge in [0.15, 0.2) is 0 Å². The van der Waals surface area contributed by atoms with Gasteiger partial charge in [0, 0.05) is 13.1 Å². The number of anilines is 1. The third-order valence-electron chi connectivity index (χ3n) is 3.36. The lowest BCUT2D eigenvalue weighted by Gasteiger charge is -2.31. The Hall–Kier alpha value is -0.880. The number of nitrogens with zero attached hydrogens (tertiary/aromatic N) is 3. The molecule has 1 saturated heterocycles. The second-order valence-electron chi connectivity index (χ2n) is 4.53. The highest BCUT2D eigenvalue weighted by atomic mass is 79.9. The van der Waals surface area contributed by atoms with E-state index in [2.05, 4.69) is 30.8 Å². The van der Waals surface area contributed by atoms with E-state index >= 15 is 0 Å². The molecule has 1 aromatic heterocycles. The molecule has 1 aliphatic heterocycles. The van der Waals surface area contributed by atoms with E-state index in [1.807, 2.05) is 0 Å². The van der Waals surface area contributed by atoms with Crippen molar-refractivity contribution in [3.8, 4) is 5.88 Å². The third kappa shape index (κ3) is 3.11. The Balaban J connectivity index is 2.01. The molecule has 2 N–H and O–H groups in total. The highest BCUT2D eigenvalue weighted by Crippen LogP contribution is 2.26. The number of ether oxygens (including phenoxy) is 1. The molecular weight excluding hydrogens is 296 g/mol. The molecule has 0 bridgehead atoms. The molecule has 2 heterocycles. The predicted molar refractivity (Wildman–Crippen MR) is 74.9 cm³/mol. The number of hydrogen-bond donors (Lipinski definition) is 1. The second kappa shape index (κ2) is 6.33. The van der Waals surface area contributed by atoms with Crippen LogP contribution in [-0.4, -0.2) is 36.7 Å². The van der Waals surface area contributed by atoms with E-state index in [1.165, 1.54) is 12.8 Å². The van der Waals surface area contributed by atoms with E-state index < -0.39 is 0 Å². The molecule has 0 unspecified atom stereocenters. The first-order valence-electron chi connectivity index (χ1n) is 6.26. The number of methoxy groups -OCH3 is 1. The fraction of sp³-hybridized carbons (Fsp3) is 0.667. The van der Waals surface area contributed by atoms with Crippen LogP contribution in [-0.2, 0) is 0 Å². The average molecular weight is 315 g/mol. The number of aromatic nitrogens is 2. The zero-order valence-corrected chi connectivity index (χ0v) is 12.2. The Morgan fingerprint density at radius 2 is 2.22 bits per heavy atom. The first kappa shape index (κ1) is 13.5. The van der Waals surface area contributed by atoms with Crippen LogP contribution >= 0.6 is 15.9 Å². The SMILES string of the molecule is COc1nc(N2CCC(CCN)CC2)ncc1Br. The van der Waals surface area contributed by atoms with E-state index in [1.54, 1.807) is 13.3 Å². The van der Waals surface area contributed by atoms with Gasteiger partial charge < -0.3 is 15.4 Å². The van der Waals surface area contributed by atoms with Gasteiger partial charge in [-0.1, -0.05) is 0 Å².